The van der Waals surface area contributed by atoms with Crippen molar-refractivity contribution in [3.63, 3.8) is 0 Å². The van der Waals surface area contributed by atoms with E-state index >= 15 is 0 Å². The van der Waals surface area contributed by atoms with Gasteiger partial charge in [0.1, 0.15) is 11.5 Å². The summed E-state index contributed by atoms with van der Waals surface area (Å²) >= 11 is 6.09. The number of hydrogen-bond acceptors (Lipinski definition) is 3. The van der Waals surface area contributed by atoms with Crippen LogP contribution in [0.25, 0.3) is 10.8 Å². The second-order valence-electron chi connectivity index (χ2n) is 4.11. The fraction of sp³-hybridized carbons (Fsp3) is 0. The standard InChI is InChI=1S/C15H11ClN2O/c16-12-3-1-2-4-15(12)19-14-6-5-13(17)10-7-8-18-9-11(10)14/h1-9H,17H2. The van der Waals surface area contributed by atoms with E-state index in [1.54, 1.807) is 18.5 Å². The molecular weight excluding hydrogens is 260 g/mol. The number of pyridine rings is 1. The van der Waals surface area contributed by atoms with Crippen LogP contribution in [0.2, 0.25) is 5.02 Å². The lowest BCUT2D eigenvalue weighted by Crippen LogP contribution is -1.91. The molecule has 19 heavy (non-hydrogen) atoms. The quantitative estimate of drug-likeness (QED) is 0.708. The predicted molar refractivity (Wildman–Crippen MR) is 77.7 cm³/mol. The Hall–Kier alpha value is -2.26. The van der Waals surface area contributed by atoms with Crippen LogP contribution in [0, 0.1) is 0 Å². The van der Waals surface area contributed by atoms with E-state index in [1.165, 1.54) is 0 Å². The average Bonchev–Trinajstić information content (AvgIpc) is 2.44. The third kappa shape index (κ3) is 2.20. The van der Waals surface area contributed by atoms with Crippen LogP contribution in [0.15, 0.2) is 54.9 Å². The van der Waals surface area contributed by atoms with Gasteiger partial charge in [-0.2, -0.15) is 0 Å². The number of halogens is 1. The fourth-order valence-electron chi connectivity index (χ4n) is 1.92. The van der Waals surface area contributed by atoms with Gasteiger partial charge in [-0.15, -0.1) is 0 Å². The van der Waals surface area contributed by atoms with Gasteiger partial charge in [0, 0.05) is 28.9 Å². The monoisotopic (exact) mass is 270 g/mol. The number of para-hydroxylation sites is 1. The van der Waals surface area contributed by atoms with Gasteiger partial charge in [-0.1, -0.05) is 23.7 Å². The van der Waals surface area contributed by atoms with Gasteiger partial charge in [0.25, 0.3) is 0 Å². The Kier molecular flexibility index (Phi) is 2.97. The van der Waals surface area contributed by atoms with Crippen molar-refractivity contribution in [3.05, 3.63) is 59.9 Å². The molecule has 0 saturated heterocycles. The second kappa shape index (κ2) is 4.78. The molecule has 0 aliphatic heterocycles. The number of benzene rings is 2. The summed E-state index contributed by atoms with van der Waals surface area (Å²) < 4.78 is 5.85. The van der Waals surface area contributed by atoms with E-state index in [1.807, 2.05) is 36.4 Å². The molecule has 0 fully saturated rings. The summed E-state index contributed by atoms with van der Waals surface area (Å²) in [5.74, 6) is 1.30. The summed E-state index contributed by atoms with van der Waals surface area (Å²) in [5.41, 5.74) is 6.64. The van der Waals surface area contributed by atoms with Crippen molar-refractivity contribution in [2.45, 2.75) is 0 Å². The predicted octanol–water partition coefficient (Wildman–Crippen LogP) is 4.26. The number of ether oxygens (including phenoxy) is 1. The van der Waals surface area contributed by atoms with Crippen molar-refractivity contribution in [1.29, 1.82) is 0 Å². The van der Waals surface area contributed by atoms with Gasteiger partial charge in [0.05, 0.1) is 5.02 Å². The molecule has 4 heteroatoms. The lowest BCUT2D eigenvalue weighted by molar-refractivity contribution is 0.488. The van der Waals surface area contributed by atoms with Gasteiger partial charge < -0.3 is 10.5 Å². The van der Waals surface area contributed by atoms with E-state index < -0.39 is 0 Å². The van der Waals surface area contributed by atoms with Crippen molar-refractivity contribution in [2.24, 2.45) is 0 Å². The van der Waals surface area contributed by atoms with E-state index in [0.717, 1.165) is 10.8 Å². The minimum atomic E-state index is 0.566. The highest BCUT2D eigenvalue weighted by molar-refractivity contribution is 6.32. The summed E-state index contributed by atoms with van der Waals surface area (Å²) in [5, 5.41) is 2.35. The minimum Gasteiger partial charge on any atom is -0.455 e. The minimum absolute atomic E-state index is 0.566. The summed E-state index contributed by atoms with van der Waals surface area (Å²) in [7, 11) is 0. The highest BCUT2D eigenvalue weighted by atomic mass is 35.5. The van der Waals surface area contributed by atoms with Gasteiger partial charge >= 0.3 is 0 Å². The van der Waals surface area contributed by atoms with Crippen LogP contribution >= 0.6 is 11.6 Å². The summed E-state index contributed by atoms with van der Waals surface area (Å²) in [6, 6.07) is 12.8. The first kappa shape index (κ1) is 11.8. The molecule has 2 N–H and O–H groups in total. The molecule has 3 rings (SSSR count). The lowest BCUT2D eigenvalue weighted by Gasteiger charge is -2.11. The maximum absolute atomic E-state index is 6.09. The number of rotatable bonds is 2. The van der Waals surface area contributed by atoms with Crippen LogP contribution in [-0.2, 0) is 0 Å². The highest BCUT2D eigenvalue weighted by Crippen LogP contribution is 2.35. The number of nitrogen functional groups attached to an aromatic ring is 1. The zero-order valence-electron chi connectivity index (χ0n) is 10.0. The first-order chi connectivity index (χ1) is 9.25. The molecule has 0 aliphatic rings. The molecule has 0 aliphatic carbocycles. The molecule has 0 bridgehead atoms. The number of hydrogen-bond donors (Lipinski definition) is 1. The van der Waals surface area contributed by atoms with Gasteiger partial charge in [-0.25, -0.2) is 0 Å². The molecule has 0 radical (unpaired) electrons. The maximum atomic E-state index is 6.09. The van der Waals surface area contributed by atoms with Crippen molar-refractivity contribution < 1.29 is 4.74 Å². The molecule has 3 nitrogen and oxygen atoms in total. The SMILES string of the molecule is Nc1ccc(Oc2ccccc2Cl)c2cnccc12. The number of aromatic nitrogens is 1. The van der Waals surface area contributed by atoms with Crippen LogP contribution in [0.3, 0.4) is 0 Å². The summed E-state index contributed by atoms with van der Waals surface area (Å²) in [4.78, 5) is 4.11. The topological polar surface area (TPSA) is 48.1 Å². The largest absolute Gasteiger partial charge is 0.455 e. The van der Waals surface area contributed by atoms with Crippen molar-refractivity contribution in [1.82, 2.24) is 4.98 Å². The highest BCUT2D eigenvalue weighted by Gasteiger charge is 2.08. The molecule has 1 aromatic heterocycles. The Morgan fingerprint density at radius 1 is 0.947 bits per heavy atom. The molecule has 0 saturated carbocycles. The molecule has 94 valence electrons. The van der Waals surface area contributed by atoms with E-state index in [2.05, 4.69) is 4.98 Å². The zero-order valence-corrected chi connectivity index (χ0v) is 10.8. The second-order valence-corrected chi connectivity index (χ2v) is 4.51. The smallest absolute Gasteiger partial charge is 0.146 e. The van der Waals surface area contributed by atoms with Crippen LogP contribution in [-0.4, -0.2) is 4.98 Å². The average molecular weight is 271 g/mol. The molecular formula is C15H11ClN2O. The van der Waals surface area contributed by atoms with Gasteiger partial charge in [0.15, 0.2) is 0 Å². The van der Waals surface area contributed by atoms with Gasteiger partial charge in [-0.05, 0) is 30.3 Å². The number of nitrogens with zero attached hydrogens (tertiary/aromatic N) is 1. The van der Waals surface area contributed by atoms with Crippen molar-refractivity contribution in [2.75, 3.05) is 5.73 Å². The van der Waals surface area contributed by atoms with Crippen LogP contribution in [0.1, 0.15) is 0 Å². The molecule has 0 spiro atoms. The molecule has 0 unspecified atom stereocenters. The molecule has 0 amide bonds. The van der Waals surface area contributed by atoms with Crippen LogP contribution in [0.5, 0.6) is 11.5 Å². The third-order valence-corrected chi connectivity index (χ3v) is 3.18. The van der Waals surface area contributed by atoms with Crippen LogP contribution in [0.4, 0.5) is 5.69 Å². The summed E-state index contributed by atoms with van der Waals surface area (Å²) in [6.45, 7) is 0. The van der Waals surface area contributed by atoms with Crippen LogP contribution < -0.4 is 10.5 Å². The fourth-order valence-corrected chi connectivity index (χ4v) is 2.10. The molecule has 1 heterocycles. The van der Waals surface area contributed by atoms with E-state index in [0.29, 0.717) is 22.2 Å². The Morgan fingerprint density at radius 3 is 2.63 bits per heavy atom. The zero-order chi connectivity index (χ0) is 13.2. The van der Waals surface area contributed by atoms with E-state index in [-0.39, 0.29) is 0 Å². The Labute approximate surface area is 115 Å². The summed E-state index contributed by atoms with van der Waals surface area (Å²) in [6.07, 6.45) is 3.44. The molecule has 2 aromatic carbocycles. The Balaban J connectivity index is 2.12. The first-order valence-corrected chi connectivity index (χ1v) is 6.18. The Bertz CT molecular complexity index is 743. The van der Waals surface area contributed by atoms with E-state index in [9.17, 15) is 0 Å². The number of anilines is 1. The van der Waals surface area contributed by atoms with Gasteiger partial charge in [-0.3, -0.25) is 4.98 Å². The first-order valence-electron chi connectivity index (χ1n) is 5.80. The lowest BCUT2D eigenvalue weighted by atomic mass is 10.1. The third-order valence-electron chi connectivity index (χ3n) is 2.87. The number of fused-ring (bicyclic) bond motifs is 1. The number of nitrogens with two attached hydrogens (primary N) is 1. The Morgan fingerprint density at radius 2 is 1.79 bits per heavy atom. The molecule has 0 atom stereocenters. The normalized spacial score (nSPS) is 10.6. The van der Waals surface area contributed by atoms with Gasteiger partial charge in [0.2, 0.25) is 0 Å². The maximum Gasteiger partial charge on any atom is 0.146 e. The molecule has 3 aromatic rings. The van der Waals surface area contributed by atoms with E-state index in [4.69, 9.17) is 22.1 Å². The van der Waals surface area contributed by atoms with Crippen molar-refractivity contribution >= 4 is 28.1 Å². The van der Waals surface area contributed by atoms with Crippen molar-refractivity contribution in [3.8, 4) is 11.5 Å².